The van der Waals surface area contributed by atoms with Crippen LogP contribution >= 0.6 is 0 Å². The summed E-state index contributed by atoms with van der Waals surface area (Å²) >= 11 is 0. The van der Waals surface area contributed by atoms with E-state index in [0.717, 1.165) is 122 Å². The molecule has 0 spiro atoms. The van der Waals surface area contributed by atoms with Crippen molar-refractivity contribution in [3.8, 4) is 0 Å². The maximum atomic E-state index is 13.5. The van der Waals surface area contributed by atoms with E-state index in [1.54, 1.807) is 6.08 Å². The first-order chi connectivity index (χ1) is 42.7. The highest BCUT2D eigenvalue weighted by molar-refractivity contribution is 5.80. The minimum atomic E-state index is -1.62. The smallest absolute Gasteiger partial charge is 0.306 e. The lowest BCUT2D eigenvalue weighted by Crippen LogP contribution is -2.61. The Hall–Kier alpha value is -3.68. The number of rotatable bonds is 60. The van der Waals surface area contributed by atoms with Crippen molar-refractivity contribution in [3.05, 3.63) is 109 Å². The van der Waals surface area contributed by atoms with E-state index in [1.807, 2.05) is 6.08 Å². The molecule has 87 heavy (non-hydrogen) atoms. The second-order valence-electron chi connectivity index (χ2n) is 24.2. The molecule has 1 amide bonds. The van der Waals surface area contributed by atoms with Crippen LogP contribution in [0.5, 0.6) is 0 Å². The number of amides is 1. The van der Waals surface area contributed by atoms with Gasteiger partial charge >= 0.3 is 5.97 Å². The van der Waals surface area contributed by atoms with Crippen LogP contribution in [-0.4, -0.2) is 99.6 Å². The normalized spacial score (nSPS) is 18.9. The average molecular weight is 1220 g/mol. The molecule has 8 atom stereocenters. The molecule has 1 aliphatic heterocycles. The number of hydrogen-bond acceptors (Lipinski definition) is 10. The van der Waals surface area contributed by atoms with Gasteiger partial charge in [0.05, 0.1) is 25.4 Å². The number of hydrogen-bond donors (Lipinski definition) is 6. The Bertz CT molecular complexity index is 1830. The molecule has 0 radical (unpaired) electrons. The van der Waals surface area contributed by atoms with Crippen molar-refractivity contribution in [2.24, 2.45) is 0 Å². The standard InChI is InChI=1S/C76H131NO10/c1-4-7-10-13-16-19-22-24-26-28-30-32-33-34-35-36-37-38-40-42-44-46-49-52-55-58-61-64-71(81)87-74-73(83)72(82)70(65-78)86-76(74)85-66-67(68(79)62-59-56-53-50-47-21-18-15-12-9-6-3)77-75(84)69(80)63-60-57-54-51-48-45-43-41-39-31-29-27-25-23-20-17-14-11-8-5-2/h7,10,16-17,19-20,24-27,30,32,34-35,37-38,59,62,67-70,72-74,76,78-80,82-83H,4-6,8-9,11-15,18,21-23,28-29,31,33,36,39-58,60-61,63-66H2,1-3H3,(H,77,84)/b10-7-,19-16-,20-17-,26-24-,27-25-,32-30-,35-34-,38-37-,62-59+. The second-order valence-corrected chi connectivity index (χ2v) is 24.2. The Labute approximate surface area is 532 Å². The van der Waals surface area contributed by atoms with E-state index in [0.29, 0.717) is 12.8 Å². The van der Waals surface area contributed by atoms with Gasteiger partial charge in [-0.3, -0.25) is 9.59 Å². The van der Waals surface area contributed by atoms with Crippen molar-refractivity contribution >= 4 is 11.9 Å². The van der Waals surface area contributed by atoms with Crippen molar-refractivity contribution in [1.29, 1.82) is 0 Å². The maximum absolute atomic E-state index is 13.5. The van der Waals surface area contributed by atoms with Crippen molar-refractivity contribution in [2.45, 2.75) is 346 Å². The highest BCUT2D eigenvalue weighted by atomic mass is 16.7. The lowest BCUT2D eigenvalue weighted by atomic mass is 9.99. The lowest BCUT2D eigenvalue weighted by Gasteiger charge is -2.41. The minimum Gasteiger partial charge on any atom is -0.454 e. The third-order valence-corrected chi connectivity index (χ3v) is 16.2. The number of carbonyl (C=O) groups is 2. The van der Waals surface area contributed by atoms with E-state index in [1.165, 1.54) is 128 Å². The lowest BCUT2D eigenvalue weighted by molar-refractivity contribution is -0.305. The fourth-order valence-corrected chi connectivity index (χ4v) is 10.6. The van der Waals surface area contributed by atoms with Crippen molar-refractivity contribution < 1.29 is 49.3 Å². The molecule has 1 fully saturated rings. The Morgan fingerprint density at radius 1 is 0.460 bits per heavy atom. The van der Waals surface area contributed by atoms with Crippen molar-refractivity contribution in [3.63, 3.8) is 0 Å². The zero-order valence-corrected chi connectivity index (χ0v) is 55.6. The molecule has 11 nitrogen and oxygen atoms in total. The molecule has 1 heterocycles. The summed E-state index contributed by atoms with van der Waals surface area (Å²) in [4.78, 5) is 26.7. The van der Waals surface area contributed by atoms with Crippen LogP contribution in [0.4, 0.5) is 0 Å². The molecule has 8 unspecified atom stereocenters. The fourth-order valence-electron chi connectivity index (χ4n) is 10.6. The van der Waals surface area contributed by atoms with Crippen LogP contribution in [0.25, 0.3) is 0 Å². The molecule has 0 aromatic heterocycles. The van der Waals surface area contributed by atoms with Crippen LogP contribution in [0.2, 0.25) is 0 Å². The first kappa shape index (κ1) is 81.3. The molecule has 0 bridgehead atoms. The van der Waals surface area contributed by atoms with Gasteiger partial charge in [-0.2, -0.15) is 0 Å². The summed E-state index contributed by atoms with van der Waals surface area (Å²) in [6.45, 7) is 5.66. The Morgan fingerprint density at radius 3 is 1.26 bits per heavy atom. The number of nitrogens with one attached hydrogen (secondary N) is 1. The number of aliphatic hydroxyl groups is 5. The van der Waals surface area contributed by atoms with Gasteiger partial charge in [0.1, 0.15) is 24.4 Å². The molecule has 500 valence electrons. The van der Waals surface area contributed by atoms with Crippen LogP contribution in [0, 0.1) is 0 Å². The summed E-state index contributed by atoms with van der Waals surface area (Å²) in [5, 5.41) is 57.2. The van der Waals surface area contributed by atoms with Gasteiger partial charge < -0.3 is 45.1 Å². The minimum absolute atomic E-state index is 0.108. The monoisotopic (exact) mass is 1220 g/mol. The molecular weight excluding hydrogens is 1090 g/mol. The topological polar surface area (TPSA) is 175 Å². The first-order valence-corrected chi connectivity index (χ1v) is 35.7. The van der Waals surface area contributed by atoms with Crippen LogP contribution in [0.15, 0.2) is 109 Å². The molecule has 0 aliphatic carbocycles. The molecular formula is C76H131NO10. The molecule has 0 aromatic carbocycles. The average Bonchev–Trinajstić information content (AvgIpc) is 2.93. The maximum Gasteiger partial charge on any atom is 0.306 e. The van der Waals surface area contributed by atoms with Gasteiger partial charge in [-0.1, -0.05) is 291 Å². The van der Waals surface area contributed by atoms with Gasteiger partial charge in [0, 0.05) is 6.42 Å². The van der Waals surface area contributed by atoms with Crippen LogP contribution < -0.4 is 5.32 Å². The molecule has 0 saturated carbocycles. The molecule has 0 aromatic rings. The van der Waals surface area contributed by atoms with E-state index in [4.69, 9.17) is 14.2 Å². The molecule has 1 rings (SSSR count). The van der Waals surface area contributed by atoms with Gasteiger partial charge in [0.2, 0.25) is 5.91 Å². The third-order valence-electron chi connectivity index (χ3n) is 16.2. The molecule has 6 N–H and O–H groups in total. The number of ether oxygens (including phenoxy) is 3. The summed E-state index contributed by atoms with van der Waals surface area (Å²) in [6, 6.07) is -1.03. The molecule has 1 saturated heterocycles. The number of esters is 1. The predicted molar refractivity (Wildman–Crippen MR) is 365 cm³/mol. The zero-order valence-electron chi connectivity index (χ0n) is 55.6. The highest BCUT2D eigenvalue weighted by Gasteiger charge is 2.47. The largest absolute Gasteiger partial charge is 0.454 e. The van der Waals surface area contributed by atoms with E-state index >= 15 is 0 Å². The van der Waals surface area contributed by atoms with Crippen LogP contribution in [0.3, 0.4) is 0 Å². The number of allylic oxidation sites excluding steroid dienone is 17. The Morgan fingerprint density at radius 2 is 0.828 bits per heavy atom. The summed E-state index contributed by atoms with van der Waals surface area (Å²) in [6.07, 6.45) is 75.5. The van der Waals surface area contributed by atoms with E-state index in [-0.39, 0.29) is 19.4 Å². The van der Waals surface area contributed by atoms with Gasteiger partial charge in [-0.25, -0.2) is 0 Å². The van der Waals surface area contributed by atoms with E-state index < -0.39 is 67.4 Å². The third kappa shape index (κ3) is 49.7. The van der Waals surface area contributed by atoms with Crippen LogP contribution in [-0.2, 0) is 23.8 Å². The van der Waals surface area contributed by atoms with Crippen LogP contribution in [0.1, 0.15) is 297 Å². The quantitative estimate of drug-likeness (QED) is 0.0195. The predicted octanol–water partition coefficient (Wildman–Crippen LogP) is 18.4. The summed E-state index contributed by atoms with van der Waals surface area (Å²) < 4.78 is 17.7. The Kier molecular flexibility index (Phi) is 58.4. The van der Waals surface area contributed by atoms with Crippen molar-refractivity contribution in [2.75, 3.05) is 13.2 Å². The number of unbranched alkanes of at least 4 members (excludes halogenated alkanes) is 30. The summed E-state index contributed by atoms with van der Waals surface area (Å²) in [5.74, 6) is -1.21. The number of aliphatic hydroxyl groups excluding tert-OH is 5. The van der Waals surface area contributed by atoms with Gasteiger partial charge in [0.25, 0.3) is 0 Å². The fraction of sp³-hybridized carbons (Fsp3) is 0.737. The summed E-state index contributed by atoms with van der Waals surface area (Å²) in [5.41, 5.74) is 0. The Balaban J connectivity index is 2.56. The van der Waals surface area contributed by atoms with E-state index in [9.17, 15) is 35.1 Å². The summed E-state index contributed by atoms with van der Waals surface area (Å²) in [7, 11) is 0. The van der Waals surface area contributed by atoms with Gasteiger partial charge in [-0.05, 0) is 109 Å². The van der Waals surface area contributed by atoms with Crippen molar-refractivity contribution in [1.82, 2.24) is 5.32 Å². The van der Waals surface area contributed by atoms with Gasteiger partial charge in [-0.15, -0.1) is 0 Å². The molecule has 1 aliphatic rings. The molecule has 11 heteroatoms. The van der Waals surface area contributed by atoms with Gasteiger partial charge in [0.15, 0.2) is 12.4 Å². The SMILES string of the molecule is CC/C=C\C/C=C\C/C=C\C/C=C\C/C=C\C/C=C\CCCCCCCCCCC(=O)OC1C(OCC(NC(=O)C(O)CCCCCCCCCCCC/C=C\C/C=C\CCCCC)C(O)/C=C/CCCCCCCCCCC)OC(CO)C(O)C1O. The second kappa shape index (κ2) is 62.5. The van der Waals surface area contributed by atoms with E-state index in [2.05, 4.69) is 123 Å². The first-order valence-electron chi connectivity index (χ1n) is 35.7. The zero-order chi connectivity index (χ0) is 63.1. The number of carbonyl (C=O) groups excluding carboxylic acids is 2. The highest BCUT2D eigenvalue weighted by Crippen LogP contribution is 2.26.